The predicted octanol–water partition coefficient (Wildman–Crippen LogP) is 6.43. The molecule has 27 heavy (non-hydrogen) atoms. The maximum Gasteiger partial charge on any atom is 0.126 e. The highest BCUT2D eigenvalue weighted by Crippen LogP contribution is 2.34. The first kappa shape index (κ1) is 15.7. The zero-order chi connectivity index (χ0) is 18.2. The van der Waals surface area contributed by atoms with Crippen molar-refractivity contribution in [2.75, 3.05) is 0 Å². The first-order chi connectivity index (χ1) is 13.3. The van der Waals surface area contributed by atoms with Crippen molar-refractivity contribution in [3.63, 3.8) is 0 Å². The number of hydrogen-bond acceptors (Lipinski definition) is 2. The molecule has 0 amide bonds. The van der Waals surface area contributed by atoms with E-state index in [0.29, 0.717) is 0 Å². The first-order valence-corrected chi connectivity index (χ1v) is 9.11. The van der Waals surface area contributed by atoms with E-state index in [1.807, 2.05) is 19.1 Å². The van der Waals surface area contributed by atoms with Crippen molar-refractivity contribution in [3.8, 4) is 22.4 Å². The Morgan fingerprint density at radius 2 is 1.26 bits per heavy atom. The molecule has 0 saturated heterocycles. The Morgan fingerprint density at radius 3 is 2.00 bits per heavy atom. The van der Waals surface area contributed by atoms with Crippen molar-refractivity contribution in [2.45, 2.75) is 6.92 Å². The van der Waals surface area contributed by atoms with Crippen LogP contribution in [0.1, 0.15) is 5.82 Å². The quantitative estimate of drug-likeness (QED) is 0.344. The summed E-state index contributed by atoms with van der Waals surface area (Å²) in [7, 11) is 0. The van der Waals surface area contributed by atoms with Crippen LogP contribution in [0.2, 0.25) is 0 Å². The molecule has 1 heterocycles. The lowest BCUT2D eigenvalue weighted by Crippen LogP contribution is -1.95. The van der Waals surface area contributed by atoms with E-state index < -0.39 is 0 Å². The van der Waals surface area contributed by atoms with Crippen LogP contribution in [0.15, 0.2) is 91.0 Å². The van der Waals surface area contributed by atoms with Crippen molar-refractivity contribution in [3.05, 3.63) is 96.8 Å². The molecule has 0 radical (unpaired) electrons. The molecule has 0 aliphatic rings. The highest BCUT2D eigenvalue weighted by molar-refractivity contribution is 6.13. The summed E-state index contributed by atoms with van der Waals surface area (Å²) >= 11 is 0. The molecular formula is C25H18N2. The lowest BCUT2D eigenvalue weighted by Gasteiger charge is -2.12. The van der Waals surface area contributed by atoms with Gasteiger partial charge in [0.25, 0.3) is 0 Å². The molecule has 0 unspecified atom stereocenters. The van der Waals surface area contributed by atoms with E-state index in [1.165, 1.54) is 21.9 Å². The lowest BCUT2D eigenvalue weighted by molar-refractivity contribution is 1.10. The highest BCUT2D eigenvalue weighted by Gasteiger charge is 2.12. The average molecular weight is 346 g/mol. The van der Waals surface area contributed by atoms with Gasteiger partial charge in [-0.25, -0.2) is 9.97 Å². The van der Waals surface area contributed by atoms with Crippen molar-refractivity contribution < 1.29 is 0 Å². The molecular weight excluding hydrogens is 328 g/mol. The van der Waals surface area contributed by atoms with Crippen LogP contribution in [0, 0.1) is 6.92 Å². The molecule has 2 heteroatoms. The van der Waals surface area contributed by atoms with Gasteiger partial charge in [0, 0.05) is 10.9 Å². The fraction of sp³-hybridized carbons (Fsp3) is 0.0400. The molecule has 0 aliphatic heterocycles. The average Bonchev–Trinajstić information content (AvgIpc) is 2.73. The Morgan fingerprint density at radius 1 is 0.593 bits per heavy atom. The summed E-state index contributed by atoms with van der Waals surface area (Å²) in [6.45, 7) is 1.95. The summed E-state index contributed by atoms with van der Waals surface area (Å²) in [4.78, 5) is 9.52. The molecule has 128 valence electrons. The molecule has 0 bridgehead atoms. The van der Waals surface area contributed by atoms with E-state index >= 15 is 0 Å². The minimum Gasteiger partial charge on any atom is -0.233 e. The number of hydrogen-bond donors (Lipinski definition) is 0. The highest BCUT2D eigenvalue weighted by atomic mass is 14.9. The van der Waals surface area contributed by atoms with Crippen LogP contribution in [-0.2, 0) is 0 Å². The first-order valence-electron chi connectivity index (χ1n) is 9.11. The molecule has 5 rings (SSSR count). The van der Waals surface area contributed by atoms with Gasteiger partial charge >= 0.3 is 0 Å². The number of benzene rings is 4. The molecule has 0 saturated carbocycles. The van der Waals surface area contributed by atoms with Gasteiger partial charge in [-0.15, -0.1) is 0 Å². The summed E-state index contributed by atoms with van der Waals surface area (Å²) in [5.74, 6) is 0.792. The number of aryl methyl sites for hydroxylation is 1. The number of rotatable bonds is 2. The summed E-state index contributed by atoms with van der Waals surface area (Å²) in [5.41, 5.74) is 5.51. The molecule has 1 aromatic heterocycles. The SMILES string of the molecule is Cc1nc(-c2ccccc2)c2c(ccc3ccc(-c4ccccc4)cc32)n1. The standard InChI is InChI=1S/C25H18N2/c1-17-26-23-15-14-19-12-13-21(18-8-4-2-5-9-18)16-22(19)24(23)25(27-17)20-10-6-3-7-11-20/h2-16H,1H3. The predicted molar refractivity (Wildman–Crippen MR) is 113 cm³/mol. The fourth-order valence-corrected chi connectivity index (χ4v) is 3.68. The minimum atomic E-state index is 0.792. The normalized spacial score (nSPS) is 11.1. The number of aromatic nitrogens is 2. The Labute approximate surface area is 158 Å². The Kier molecular flexibility index (Phi) is 3.68. The van der Waals surface area contributed by atoms with Crippen LogP contribution in [-0.4, -0.2) is 9.97 Å². The third-order valence-electron chi connectivity index (χ3n) is 4.95. The second-order valence-electron chi connectivity index (χ2n) is 6.75. The van der Waals surface area contributed by atoms with E-state index in [4.69, 9.17) is 9.97 Å². The molecule has 0 fully saturated rings. The summed E-state index contributed by atoms with van der Waals surface area (Å²) < 4.78 is 0. The van der Waals surface area contributed by atoms with E-state index in [0.717, 1.165) is 28.0 Å². The topological polar surface area (TPSA) is 25.8 Å². The lowest BCUT2D eigenvalue weighted by atomic mass is 9.96. The number of nitrogens with zero attached hydrogens (tertiary/aromatic N) is 2. The van der Waals surface area contributed by atoms with Crippen LogP contribution in [0.4, 0.5) is 0 Å². The number of fused-ring (bicyclic) bond motifs is 3. The van der Waals surface area contributed by atoms with E-state index in [2.05, 4.69) is 78.9 Å². The van der Waals surface area contributed by atoms with Gasteiger partial charge in [0.15, 0.2) is 0 Å². The van der Waals surface area contributed by atoms with Gasteiger partial charge in [0.1, 0.15) is 5.82 Å². The zero-order valence-electron chi connectivity index (χ0n) is 15.1. The fourth-order valence-electron chi connectivity index (χ4n) is 3.68. The molecule has 0 spiro atoms. The van der Waals surface area contributed by atoms with Crippen LogP contribution < -0.4 is 0 Å². The second-order valence-corrected chi connectivity index (χ2v) is 6.75. The molecule has 0 aliphatic carbocycles. The Bertz CT molecular complexity index is 1260. The van der Waals surface area contributed by atoms with Crippen LogP contribution >= 0.6 is 0 Å². The van der Waals surface area contributed by atoms with Crippen LogP contribution in [0.25, 0.3) is 44.1 Å². The van der Waals surface area contributed by atoms with Crippen molar-refractivity contribution in [1.29, 1.82) is 0 Å². The van der Waals surface area contributed by atoms with Crippen LogP contribution in [0.5, 0.6) is 0 Å². The maximum absolute atomic E-state index is 4.81. The van der Waals surface area contributed by atoms with Crippen LogP contribution in [0.3, 0.4) is 0 Å². The van der Waals surface area contributed by atoms with E-state index in [1.54, 1.807) is 0 Å². The summed E-state index contributed by atoms with van der Waals surface area (Å²) in [6, 6.07) is 31.7. The summed E-state index contributed by atoms with van der Waals surface area (Å²) in [6.07, 6.45) is 0. The molecule has 4 aromatic carbocycles. The smallest absolute Gasteiger partial charge is 0.126 e. The van der Waals surface area contributed by atoms with Gasteiger partial charge in [0.2, 0.25) is 0 Å². The molecule has 5 aromatic rings. The van der Waals surface area contributed by atoms with E-state index in [9.17, 15) is 0 Å². The Balaban J connectivity index is 1.88. The minimum absolute atomic E-state index is 0.792. The van der Waals surface area contributed by atoms with Gasteiger partial charge in [-0.05, 0) is 41.0 Å². The second kappa shape index (κ2) is 6.33. The molecule has 0 atom stereocenters. The van der Waals surface area contributed by atoms with Crippen molar-refractivity contribution in [2.24, 2.45) is 0 Å². The summed E-state index contributed by atoms with van der Waals surface area (Å²) in [5, 5.41) is 3.50. The van der Waals surface area contributed by atoms with Gasteiger partial charge in [0.05, 0.1) is 11.2 Å². The maximum atomic E-state index is 4.81. The third kappa shape index (κ3) is 2.76. The van der Waals surface area contributed by atoms with Crippen molar-refractivity contribution in [1.82, 2.24) is 9.97 Å². The van der Waals surface area contributed by atoms with Gasteiger partial charge in [-0.2, -0.15) is 0 Å². The monoisotopic (exact) mass is 346 g/mol. The molecule has 0 N–H and O–H groups in total. The van der Waals surface area contributed by atoms with Gasteiger partial charge in [-0.3, -0.25) is 0 Å². The Hall–Kier alpha value is -3.52. The molecule has 2 nitrogen and oxygen atoms in total. The van der Waals surface area contributed by atoms with Crippen molar-refractivity contribution >= 4 is 21.7 Å². The zero-order valence-corrected chi connectivity index (χ0v) is 15.1. The van der Waals surface area contributed by atoms with E-state index in [-0.39, 0.29) is 0 Å². The third-order valence-corrected chi connectivity index (χ3v) is 4.95. The largest absolute Gasteiger partial charge is 0.233 e. The van der Waals surface area contributed by atoms with Gasteiger partial charge < -0.3 is 0 Å². The van der Waals surface area contributed by atoms with Gasteiger partial charge in [-0.1, -0.05) is 78.9 Å².